The molecule has 0 aliphatic carbocycles. The van der Waals surface area contributed by atoms with Gasteiger partial charge in [0.25, 0.3) is 5.91 Å². The Kier molecular flexibility index (Phi) is 5.60. The first kappa shape index (κ1) is 18.0. The molecule has 1 heterocycles. The van der Waals surface area contributed by atoms with E-state index in [-0.39, 0.29) is 11.3 Å². The SMILES string of the molecule is CCNc1cc(C(=O)N(C)Cc2ccccc2)cc(C(C)(C)C)n1. The second kappa shape index (κ2) is 7.47. The third kappa shape index (κ3) is 4.57. The van der Waals surface area contributed by atoms with Crippen molar-refractivity contribution in [2.24, 2.45) is 0 Å². The molecule has 0 aliphatic heterocycles. The van der Waals surface area contributed by atoms with Gasteiger partial charge in [-0.1, -0.05) is 51.1 Å². The van der Waals surface area contributed by atoms with Gasteiger partial charge >= 0.3 is 0 Å². The highest BCUT2D eigenvalue weighted by molar-refractivity contribution is 5.95. The summed E-state index contributed by atoms with van der Waals surface area (Å²) in [6.45, 7) is 9.69. The summed E-state index contributed by atoms with van der Waals surface area (Å²) in [6, 6.07) is 13.8. The van der Waals surface area contributed by atoms with Crippen LogP contribution >= 0.6 is 0 Å². The summed E-state index contributed by atoms with van der Waals surface area (Å²) in [7, 11) is 1.83. The highest BCUT2D eigenvalue weighted by Gasteiger charge is 2.20. The molecule has 1 amide bonds. The lowest BCUT2D eigenvalue weighted by molar-refractivity contribution is 0.0785. The maximum absolute atomic E-state index is 12.9. The van der Waals surface area contributed by atoms with E-state index in [2.05, 4.69) is 31.1 Å². The molecule has 0 fully saturated rings. The number of carbonyl (C=O) groups excluding carboxylic acids is 1. The van der Waals surface area contributed by atoms with Crippen LogP contribution in [-0.4, -0.2) is 29.4 Å². The third-order valence-corrected chi connectivity index (χ3v) is 3.81. The minimum Gasteiger partial charge on any atom is -0.370 e. The van der Waals surface area contributed by atoms with Crippen molar-refractivity contribution in [3.8, 4) is 0 Å². The first-order chi connectivity index (χ1) is 11.3. The van der Waals surface area contributed by atoms with Gasteiger partial charge in [0.2, 0.25) is 0 Å². The van der Waals surface area contributed by atoms with Crippen LogP contribution in [0.25, 0.3) is 0 Å². The Hall–Kier alpha value is -2.36. The Labute approximate surface area is 144 Å². The van der Waals surface area contributed by atoms with E-state index in [1.54, 1.807) is 4.90 Å². The molecule has 24 heavy (non-hydrogen) atoms. The Morgan fingerprint density at radius 2 is 1.83 bits per heavy atom. The molecule has 128 valence electrons. The topological polar surface area (TPSA) is 45.2 Å². The van der Waals surface area contributed by atoms with Gasteiger partial charge in [-0.3, -0.25) is 4.79 Å². The van der Waals surface area contributed by atoms with Gasteiger partial charge in [-0.15, -0.1) is 0 Å². The molecule has 1 aromatic heterocycles. The van der Waals surface area contributed by atoms with E-state index in [0.717, 1.165) is 23.6 Å². The van der Waals surface area contributed by atoms with E-state index in [0.29, 0.717) is 12.1 Å². The van der Waals surface area contributed by atoms with Crippen LogP contribution in [0.3, 0.4) is 0 Å². The molecule has 1 aromatic carbocycles. The Morgan fingerprint density at radius 1 is 1.17 bits per heavy atom. The van der Waals surface area contributed by atoms with Crippen LogP contribution in [0.2, 0.25) is 0 Å². The van der Waals surface area contributed by atoms with E-state index in [1.165, 1.54) is 0 Å². The number of hydrogen-bond donors (Lipinski definition) is 1. The zero-order valence-electron chi connectivity index (χ0n) is 15.3. The van der Waals surface area contributed by atoms with Gasteiger partial charge in [0.15, 0.2) is 0 Å². The maximum atomic E-state index is 12.9. The van der Waals surface area contributed by atoms with Crippen molar-refractivity contribution in [3.63, 3.8) is 0 Å². The summed E-state index contributed by atoms with van der Waals surface area (Å²) in [5, 5.41) is 3.22. The number of benzene rings is 1. The second-order valence-corrected chi connectivity index (χ2v) is 7.05. The van der Waals surface area contributed by atoms with E-state index < -0.39 is 0 Å². The highest BCUT2D eigenvalue weighted by Crippen LogP contribution is 2.24. The van der Waals surface area contributed by atoms with Crippen LogP contribution in [0, 0.1) is 0 Å². The average molecular weight is 325 g/mol. The third-order valence-electron chi connectivity index (χ3n) is 3.81. The van der Waals surface area contributed by atoms with Gasteiger partial charge < -0.3 is 10.2 Å². The number of amides is 1. The van der Waals surface area contributed by atoms with Crippen LogP contribution in [0.1, 0.15) is 49.3 Å². The molecule has 0 aliphatic rings. The lowest BCUT2D eigenvalue weighted by atomic mass is 9.90. The largest absolute Gasteiger partial charge is 0.370 e. The Bertz CT molecular complexity index is 690. The molecule has 0 unspecified atom stereocenters. The monoisotopic (exact) mass is 325 g/mol. The van der Waals surface area contributed by atoms with E-state index in [1.807, 2.05) is 56.4 Å². The van der Waals surface area contributed by atoms with Gasteiger partial charge in [-0.2, -0.15) is 0 Å². The van der Waals surface area contributed by atoms with Crippen LogP contribution in [0.15, 0.2) is 42.5 Å². The molecule has 0 atom stereocenters. The minimum atomic E-state index is -0.113. The lowest BCUT2D eigenvalue weighted by Crippen LogP contribution is -2.27. The van der Waals surface area contributed by atoms with Crippen molar-refractivity contribution in [2.75, 3.05) is 18.9 Å². The molecule has 0 saturated heterocycles. The number of anilines is 1. The summed E-state index contributed by atoms with van der Waals surface area (Å²) >= 11 is 0. The lowest BCUT2D eigenvalue weighted by Gasteiger charge is -2.22. The predicted octanol–water partition coefficient (Wildman–Crippen LogP) is 4.08. The maximum Gasteiger partial charge on any atom is 0.254 e. The molecular formula is C20H27N3O. The highest BCUT2D eigenvalue weighted by atomic mass is 16.2. The summed E-state index contributed by atoms with van der Waals surface area (Å²) in [6.07, 6.45) is 0. The van der Waals surface area contributed by atoms with Gasteiger partial charge in [0.05, 0.1) is 0 Å². The second-order valence-electron chi connectivity index (χ2n) is 7.05. The standard InChI is InChI=1S/C20H27N3O/c1-6-21-18-13-16(12-17(22-18)20(2,3)4)19(24)23(5)14-15-10-8-7-9-11-15/h7-13H,6,14H2,1-5H3,(H,21,22). The molecule has 4 nitrogen and oxygen atoms in total. The van der Waals surface area contributed by atoms with Gasteiger partial charge in [0, 0.05) is 36.8 Å². The molecule has 2 aromatic rings. The molecule has 4 heteroatoms. The number of carbonyl (C=O) groups is 1. The smallest absolute Gasteiger partial charge is 0.254 e. The Morgan fingerprint density at radius 3 is 2.42 bits per heavy atom. The number of aromatic nitrogens is 1. The fraction of sp³-hybridized carbons (Fsp3) is 0.400. The van der Waals surface area contributed by atoms with Crippen LogP contribution in [0.4, 0.5) is 5.82 Å². The first-order valence-electron chi connectivity index (χ1n) is 8.37. The van der Waals surface area contributed by atoms with Crippen LogP contribution in [0.5, 0.6) is 0 Å². The molecule has 0 bridgehead atoms. The normalized spacial score (nSPS) is 11.2. The molecule has 0 radical (unpaired) electrons. The van der Waals surface area contributed by atoms with Crippen LogP contribution in [-0.2, 0) is 12.0 Å². The van der Waals surface area contributed by atoms with Crippen LogP contribution < -0.4 is 5.32 Å². The number of nitrogens with one attached hydrogen (secondary N) is 1. The van der Waals surface area contributed by atoms with Crippen molar-refractivity contribution in [1.29, 1.82) is 0 Å². The molecule has 0 spiro atoms. The summed E-state index contributed by atoms with van der Waals surface area (Å²) < 4.78 is 0. The fourth-order valence-electron chi connectivity index (χ4n) is 2.46. The van der Waals surface area contributed by atoms with Crippen molar-refractivity contribution in [3.05, 3.63) is 59.3 Å². The quantitative estimate of drug-likeness (QED) is 0.901. The van der Waals surface area contributed by atoms with Crippen molar-refractivity contribution < 1.29 is 4.79 Å². The fourth-order valence-corrected chi connectivity index (χ4v) is 2.46. The Balaban J connectivity index is 2.28. The minimum absolute atomic E-state index is 0.00547. The predicted molar refractivity (Wildman–Crippen MR) is 99.3 cm³/mol. The summed E-state index contributed by atoms with van der Waals surface area (Å²) in [4.78, 5) is 19.2. The van der Waals surface area contributed by atoms with Gasteiger partial charge in [-0.05, 0) is 24.6 Å². The molecular weight excluding hydrogens is 298 g/mol. The number of hydrogen-bond acceptors (Lipinski definition) is 3. The molecule has 0 saturated carbocycles. The number of pyridine rings is 1. The van der Waals surface area contributed by atoms with Crippen molar-refractivity contribution in [1.82, 2.24) is 9.88 Å². The van der Waals surface area contributed by atoms with Gasteiger partial charge in [-0.25, -0.2) is 4.98 Å². The summed E-state index contributed by atoms with van der Waals surface area (Å²) in [5.41, 5.74) is 2.59. The summed E-state index contributed by atoms with van der Waals surface area (Å²) in [5.74, 6) is 0.757. The van der Waals surface area contributed by atoms with E-state index in [4.69, 9.17) is 0 Å². The van der Waals surface area contributed by atoms with E-state index >= 15 is 0 Å². The number of nitrogens with zero attached hydrogens (tertiary/aromatic N) is 2. The molecule has 1 N–H and O–H groups in total. The number of rotatable bonds is 5. The van der Waals surface area contributed by atoms with E-state index in [9.17, 15) is 4.79 Å². The first-order valence-corrected chi connectivity index (χ1v) is 8.37. The zero-order chi connectivity index (χ0) is 17.7. The molecule has 2 rings (SSSR count). The zero-order valence-corrected chi connectivity index (χ0v) is 15.3. The van der Waals surface area contributed by atoms with Gasteiger partial charge in [0.1, 0.15) is 5.82 Å². The van der Waals surface area contributed by atoms with Crippen molar-refractivity contribution in [2.45, 2.75) is 39.7 Å². The van der Waals surface area contributed by atoms with Crippen molar-refractivity contribution >= 4 is 11.7 Å². The average Bonchev–Trinajstić information content (AvgIpc) is 2.54.